The van der Waals surface area contributed by atoms with Crippen molar-refractivity contribution in [1.82, 2.24) is 4.98 Å². The molecule has 2 aromatic heterocycles. The zero-order chi connectivity index (χ0) is 11.2. The Hall–Kier alpha value is -1.68. The number of thiophene rings is 1. The highest BCUT2D eigenvalue weighted by atomic mass is 32.1. The third-order valence-electron chi connectivity index (χ3n) is 2.25. The van der Waals surface area contributed by atoms with Crippen LogP contribution in [0.2, 0.25) is 0 Å². The maximum Gasteiger partial charge on any atom is 0.0833 e. The van der Waals surface area contributed by atoms with Gasteiger partial charge in [0.2, 0.25) is 0 Å². The molecule has 2 heterocycles. The average Bonchev–Trinajstić information content (AvgIpc) is 2.76. The smallest absolute Gasteiger partial charge is 0.0833 e. The number of pyridine rings is 1. The van der Waals surface area contributed by atoms with Crippen LogP contribution in [-0.4, -0.2) is 16.4 Å². The van der Waals surface area contributed by atoms with Crippen LogP contribution < -0.4 is 0 Å². The van der Waals surface area contributed by atoms with Crippen LogP contribution >= 0.6 is 11.3 Å². The number of aromatic nitrogens is 1. The van der Waals surface area contributed by atoms with Crippen LogP contribution in [0.5, 0.6) is 0 Å². The van der Waals surface area contributed by atoms with Crippen molar-refractivity contribution in [1.29, 1.82) is 0 Å². The predicted molar refractivity (Wildman–Crippen MR) is 65.3 cm³/mol. The fraction of sp³-hybridized carbons (Fsp3) is 0.167. The Labute approximate surface area is 98.1 Å². The van der Waals surface area contributed by atoms with Crippen molar-refractivity contribution in [3.8, 4) is 0 Å². The molecule has 2 rings (SSSR count). The maximum absolute atomic E-state index is 8.40. The summed E-state index contributed by atoms with van der Waals surface area (Å²) in [5, 5.41) is 11.4. The van der Waals surface area contributed by atoms with Crippen LogP contribution in [0.1, 0.15) is 15.3 Å². The second kappa shape index (κ2) is 5.42. The molecule has 0 saturated carbocycles. The molecule has 0 atom stereocenters. The highest BCUT2D eigenvalue weighted by Crippen LogP contribution is 2.16. The second-order valence-corrected chi connectivity index (χ2v) is 4.61. The molecular formula is C12H12N2OS. The van der Waals surface area contributed by atoms with E-state index in [9.17, 15) is 0 Å². The largest absolute Gasteiger partial charge is 0.411 e. The normalized spacial score (nSPS) is 11.0. The minimum Gasteiger partial charge on any atom is -0.411 e. The molecule has 0 saturated heterocycles. The number of oxime groups is 1. The number of hydrogen-bond donors (Lipinski definition) is 1. The first kappa shape index (κ1) is 10.8. The Bertz CT molecular complexity index is 465. The van der Waals surface area contributed by atoms with Crippen LogP contribution in [-0.2, 0) is 12.8 Å². The van der Waals surface area contributed by atoms with E-state index < -0.39 is 0 Å². The van der Waals surface area contributed by atoms with Gasteiger partial charge in [0.05, 0.1) is 6.21 Å². The fourth-order valence-electron chi connectivity index (χ4n) is 1.47. The third kappa shape index (κ3) is 2.90. The highest BCUT2D eigenvalue weighted by molar-refractivity contribution is 7.13. The van der Waals surface area contributed by atoms with Gasteiger partial charge in [-0.3, -0.25) is 4.98 Å². The standard InChI is InChI=1S/C12H12N2OS/c15-14-9-12-6-5-11(16-12)4-3-10-2-1-7-13-8-10/h1-2,5-9,15H,3-4H2/b14-9+. The van der Waals surface area contributed by atoms with Crippen molar-refractivity contribution in [3.63, 3.8) is 0 Å². The number of hydrogen-bond acceptors (Lipinski definition) is 4. The Morgan fingerprint density at radius 3 is 3.00 bits per heavy atom. The van der Waals surface area contributed by atoms with E-state index in [-0.39, 0.29) is 0 Å². The van der Waals surface area contributed by atoms with Crippen LogP contribution in [0, 0.1) is 0 Å². The molecule has 0 amide bonds. The topological polar surface area (TPSA) is 45.5 Å². The van der Waals surface area contributed by atoms with E-state index in [2.05, 4.69) is 22.3 Å². The lowest BCUT2D eigenvalue weighted by molar-refractivity contribution is 0.322. The monoisotopic (exact) mass is 232 g/mol. The molecule has 82 valence electrons. The van der Waals surface area contributed by atoms with E-state index in [1.807, 2.05) is 18.3 Å². The van der Waals surface area contributed by atoms with Gasteiger partial charge in [-0.15, -0.1) is 11.3 Å². The average molecular weight is 232 g/mol. The first-order chi connectivity index (χ1) is 7.88. The van der Waals surface area contributed by atoms with Crippen molar-refractivity contribution in [3.05, 3.63) is 52.0 Å². The molecule has 1 N–H and O–H groups in total. The summed E-state index contributed by atoms with van der Waals surface area (Å²) in [6, 6.07) is 8.06. The minimum atomic E-state index is 0.976. The van der Waals surface area contributed by atoms with Crippen molar-refractivity contribution in [2.45, 2.75) is 12.8 Å². The van der Waals surface area contributed by atoms with Gasteiger partial charge in [0, 0.05) is 22.1 Å². The van der Waals surface area contributed by atoms with Gasteiger partial charge in [-0.25, -0.2) is 0 Å². The molecule has 0 radical (unpaired) electrons. The summed E-state index contributed by atoms with van der Waals surface area (Å²) in [7, 11) is 0. The number of aryl methyl sites for hydroxylation is 2. The van der Waals surface area contributed by atoms with E-state index in [1.54, 1.807) is 17.5 Å². The molecule has 0 fully saturated rings. The maximum atomic E-state index is 8.40. The van der Waals surface area contributed by atoms with Crippen LogP contribution in [0.4, 0.5) is 0 Å². The SMILES string of the molecule is O/N=C/c1ccc(CCc2cccnc2)s1. The lowest BCUT2D eigenvalue weighted by Gasteiger charge is -1.97. The van der Waals surface area contributed by atoms with E-state index in [0.29, 0.717) is 0 Å². The van der Waals surface area contributed by atoms with Gasteiger partial charge in [-0.2, -0.15) is 0 Å². The summed E-state index contributed by atoms with van der Waals surface area (Å²) in [6.45, 7) is 0. The van der Waals surface area contributed by atoms with Gasteiger partial charge in [0.25, 0.3) is 0 Å². The molecule has 3 nitrogen and oxygen atoms in total. The van der Waals surface area contributed by atoms with Crippen LogP contribution in [0.15, 0.2) is 41.8 Å². The van der Waals surface area contributed by atoms with Crippen LogP contribution in [0.25, 0.3) is 0 Å². The van der Waals surface area contributed by atoms with Gasteiger partial charge in [-0.1, -0.05) is 11.2 Å². The zero-order valence-electron chi connectivity index (χ0n) is 8.71. The molecular weight excluding hydrogens is 220 g/mol. The number of rotatable bonds is 4. The predicted octanol–water partition coefficient (Wildman–Crippen LogP) is 2.74. The molecule has 16 heavy (non-hydrogen) atoms. The summed E-state index contributed by atoms with van der Waals surface area (Å²) in [6.07, 6.45) is 7.12. The molecule has 0 spiro atoms. The van der Waals surface area contributed by atoms with E-state index in [0.717, 1.165) is 17.7 Å². The van der Waals surface area contributed by atoms with E-state index >= 15 is 0 Å². The summed E-state index contributed by atoms with van der Waals surface area (Å²) in [5.41, 5.74) is 1.24. The quantitative estimate of drug-likeness (QED) is 0.500. The van der Waals surface area contributed by atoms with E-state index in [4.69, 9.17) is 5.21 Å². The Balaban J connectivity index is 1.94. The third-order valence-corrected chi connectivity index (χ3v) is 3.33. The lowest BCUT2D eigenvalue weighted by atomic mass is 10.1. The van der Waals surface area contributed by atoms with Crippen molar-refractivity contribution in [2.24, 2.45) is 5.16 Å². The summed E-state index contributed by atoms with van der Waals surface area (Å²) < 4.78 is 0. The second-order valence-electron chi connectivity index (χ2n) is 3.41. The van der Waals surface area contributed by atoms with Gasteiger partial charge >= 0.3 is 0 Å². The summed E-state index contributed by atoms with van der Waals surface area (Å²) in [4.78, 5) is 6.35. The highest BCUT2D eigenvalue weighted by Gasteiger charge is 1.99. The first-order valence-electron chi connectivity index (χ1n) is 5.03. The molecule has 0 aromatic carbocycles. The van der Waals surface area contributed by atoms with Crippen LogP contribution in [0.3, 0.4) is 0 Å². The van der Waals surface area contributed by atoms with Crippen molar-refractivity contribution < 1.29 is 5.21 Å². The zero-order valence-corrected chi connectivity index (χ0v) is 9.52. The van der Waals surface area contributed by atoms with Crippen molar-refractivity contribution in [2.75, 3.05) is 0 Å². The lowest BCUT2D eigenvalue weighted by Crippen LogP contribution is -1.88. The molecule has 0 aliphatic heterocycles. The first-order valence-corrected chi connectivity index (χ1v) is 5.85. The van der Waals surface area contributed by atoms with Gasteiger partial charge < -0.3 is 5.21 Å². The molecule has 2 aromatic rings. The Morgan fingerprint density at radius 2 is 2.25 bits per heavy atom. The molecule has 0 aliphatic rings. The molecule has 0 bridgehead atoms. The molecule has 4 heteroatoms. The summed E-state index contributed by atoms with van der Waals surface area (Å²) in [5.74, 6) is 0. The van der Waals surface area contributed by atoms with Gasteiger partial charge in [0.15, 0.2) is 0 Å². The fourth-order valence-corrected chi connectivity index (χ4v) is 2.35. The molecule has 0 unspecified atom stereocenters. The summed E-state index contributed by atoms with van der Waals surface area (Å²) >= 11 is 1.65. The molecule has 0 aliphatic carbocycles. The van der Waals surface area contributed by atoms with Gasteiger partial charge in [-0.05, 0) is 36.6 Å². The Kier molecular flexibility index (Phi) is 3.66. The van der Waals surface area contributed by atoms with Gasteiger partial charge in [0.1, 0.15) is 0 Å². The van der Waals surface area contributed by atoms with Crippen molar-refractivity contribution >= 4 is 17.6 Å². The minimum absolute atomic E-state index is 0.976. The Morgan fingerprint density at radius 1 is 1.31 bits per heavy atom. The van der Waals surface area contributed by atoms with E-state index in [1.165, 1.54) is 16.7 Å². The number of nitrogens with zero attached hydrogens (tertiary/aromatic N) is 2.